The third-order valence-corrected chi connectivity index (χ3v) is 2.87. The molecular formula is C15H18N4O. The van der Waals surface area contributed by atoms with Gasteiger partial charge in [-0.2, -0.15) is 0 Å². The first-order chi connectivity index (χ1) is 9.65. The summed E-state index contributed by atoms with van der Waals surface area (Å²) in [7, 11) is 0. The van der Waals surface area contributed by atoms with Crippen molar-refractivity contribution in [2.45, 2.75) is 19.5 Å². The van der Waals surface area contributed by atoms with Crippen LogP contribution < -0.4 is 16.4 Å². The molecule has 1 aromatic carbocycles. The molecule has 0 aliphatic carbocycles. The Labute approximate surface area is 118 Å². The van der Waals surface area contributed by atoms with Crippen LogP contribution in [0.5, 0.6) is 0 Å². The maximum atomic E-state index is 11.7. The number of nitrogens with two attached hydrogens (primary N) is 1. The molecule has 104 valence electrons. The zero-order valence-electron chi connectivity index (χ0n) is 11.3. The predicted octanol–water partition coefficient (Wildman–Crippen LogP) is 2.42. The summed E-state index contributed by atoms with van der Waals surface area (Å²) in [6.45, 7) is 2.36. The molecule has 0 spiro atoms. The number of urea groups is 1. The number of amides is 2. The van der Waals surface area contributed by atoms with E-state index in [1.54, 1.807) is 12.4 Å². The Morgan fingerprint density at radius 2 is 2.05 bits per heavy atom. The van der Waals surface area contributed by atoms with Crippen LogP contribution in [0.25, 0.3) is 0 Å². The molecule has 5 nitrogen and oxygen atoms in total. The van der Waals surface area contributed by atoms with Crippen LogP contribution in [0.2, 0.25) is 0 Å². The molecular weight excluding hydrogens is 252 g/mol. The lowest BCUT2D eigenvalue weighted by molar-refractivity contribution is 0.251. The van der Waals surface area contributed by atoms with Crippen LogP contribution in [0, 0.1) is 0 Å². The lowest BCUT2D eigenvalue weighted by Crippen LogP contribution is -2.28. The van der Waals surface area contributed by atoms with E-state index in [1.807, 2.05) is 43.3 Å². The summed E-state index contributed by atoms with van der Waals surface area (Å²) in [6.07, 6.45) is 3.42. The second-order valence-electron chi connectivity index (χ2n) is 4.58. The summed E-state index contributed by atoms with van der Waals surface area (Å²) in [5.41, 5.74) is 8.49. The third kappa shape index (κ3) is 4.07. The molecule has 0 aliphatic rings. The molecule has 4 N–H and O–H groups in total. The number of nitrogens with one attached hydrogen (secondary N) is 2. The molecule has 2 amide bonds. The SMILES string of the molecule is CC(N)c1ccc(NC(=O)NCc2cccnc2)cc1. The van der Waals surface area contributed by atoms with Crippen molar-refractivity contribution in [3.05, 3.63) is 59.9 Å². The summed E-state index contributed by atoms with van der Waals surface area (Å²) in [4.78, 5) is 15.7. The van der Waals surface area contributed by atoms with Gasteiger partial charge in [-0.3, -0.25) is 4.98 Å². The summed E-state index contributed by atoms with van der Waals surface area (Å²) in [5, 5.41) is 5.54. The van der Waals surface area contributed by atoms with Gasteiger partial charge in [0, 0.05) is 30.7 Å². The highest BCUT2D eigenvalue weighted by molar-refractivity contribution is 5.89. The van der Waals surface area contributed by atoms with Gasteiger partial charge in [-0.25, -0.2) is 4.79 Å². The van der Waals surface area contributed by atoms with Gasteiger partial charge in [0.15, 0.2) is 0 Å². The monoisotopic (exact) mass is 270 g/mol. The average molecular weight is 270 g/mol. The van der Waals surface area contributed by atoms with Crippen molar-refractivity contribution in [2.75, 3.05) is 5.32 Å². The van der Waals surface area contributed by atoms with Gasteiger partial charge in [-0.15, -0.1) is 0 Å². The number of aromatic nitrogens is 1. The summed E-state index contributed by atoms with van der Waals surface area (Å²) in [6, 6.07) is 11.0. The summed E-state index contributed by atoms with van der Waals surface area (Å²) in [5.74, 6) is 0. The van der Waals surface area contributed by atoms with E-state index in [0.29, 0.717) is 6.54 Å². The van der Waals surface area contributed by atoms with Crippen LogP contribution in [0.1, 0.15) is 24.1 Å². The molecule has 0 bridgehead atoms. The molecule has 20 heavy (non-hydrogen) atoms. The quantitative estimate of drug-likeness (QED) is 0.798. The van der Waals surface area contributed by atoms with Gasteiger partial charge < -0.3 is 16.4 Å². The molecule has 2 aromatic rings. The van der Waals surface area contributed by atoms with E-state index in [9.17, 15) is 4.79 Å². The topological polar surface area (TPSA) is 80.0 Å². The number of hydrogen-bond donors (Lipinski definition) is 3. The zero-order chi connectivity index (χ0) is 14.4. The van der Waals surface area contributed by atoms with Crippen LogP contribution in [-0.4, -0.2) is 11.0 Å². The van der Waals surface area contributed by atoms with Gasteiger partial charge >= 0.3 is 6.03 Å². The van der Waals surface area contributed by atoms with E-state index >= 15 is 0 Å². The molecule has 1 unspecified atom stereocenters. The smallest absolute Gasteiger partial charge is 0.319 e. The first-order valence-corrected chi connectivity index (χ1v) is 6.44. The molecule has 1 heterocycles. The molecule has 0 fully saturated rings. The molecule has 0 aliphatic heterocycles. The number of rotatable bonds is 4. The van der Waals surface area contributed by atoms with Crippen LogP contribution in [-0.2, 0) is 6.54 Å². The van der Waals surface area contributed by atoms with E-state index < -0.39 is 0 Å². The van der Waals surface area contributed by atoms with E-state index in [0.717, 1.165) is 16.8 Å². The Bertz CT molecular complexity index is 552. The number of pyridine rings is 1. The van der Waals surface area contributed by atoms with Crippen LogP contribution in [0.15, 0.2) is 48.8 Å². The van der Waals surface area contributed by atoms with Crippen molar-refractivity contribution >= 4 is 11.7 Å². The van der Waals surface area contributed by atoms with Gasteiger partial charge in [0.05, 0.1) is 0 Å². The molecule has 0 saturated carbocycles. The van der Waals surface area contributed by atoms with Gasteiger partial charge in [-0.05, 0) is 36.2 Å². The first-order valence-electron chi connectivity index (χ1n) is 6.44. The lowest BCUT2D eigenvalue weighted by atomic mass is 10.1. The average Bonchev–Trinajstić information content (AvgIpc) is 2.47. The summed E-state index contributed by atoms with van der Waals surface area (Å²) < 4.78 is 0. The van der Waals surface area contributed by atoms with Gasteiger partial charge in [0.1, 0.15) is 0 Å². The fourth-order valence-electron chi connectivity index (χ4n) is 1.73. The number of carbonyl (C=O) groups is 1. The van der Waals surface area contributed by atoms with Gasteiger partial charge in [-0.1, -0.05) is 18.2 Å². The number of anilines is 1. The number of carbonyl (C=O) groups excluding carboxylic acids is 1. The normalized spacial score (nSPS) is 11.7. The summed E-state index contributed by atoms with van der Waals surface area (Å²) >= 11 is 0. The molecule has 1 atom stereocenters. The van der Waals surface area contributed by atoms with E-state index in [4.69, 9.17) is 5.73 Å². The minimum absolute atomic E-state index is 0.0107. The van der Waals surface area contributed by atoms with Crippen molar-refractivity contribution in [1.29, 1.82) is 0 Å². The van der Waals surface area contributed by atoms with Crippen molar-refractivity contribution in [1.82, 2.24) is 10.3 Å². The molecule has 0 radical (unpaired) electrons. The van der Waals surface area contributed by atoms with Crippen LogP contribution in [0.4, 0.5) is 10.5 Å². The molecule has 0 saturated heterocycles. The number of nitrogens with zero attached hydrogens (tertiary/aromatic N) is 1. The van der Waals surface area contributed by atoms with Crippen molar-refractivity contribution in [3.63, 3.8) is 0 Å². The minimum Gasteiger partial charge on any atom is -0.334 e. The Hall–Kier alpha value is -2.40. The molecule has 2 rings (SSSR count). The fourth-order valence-corrected chi connectivity index (χ4v) is 1.73. The second-order valence-corrected chi connectivity index (χ2v) is 4.58. The second kappa shape index (κ2) is 6.68. The Balaban J connectivity index is 1.85. The molecule has 5 heteroatoms. The Morgan fingerprint density at radius 1 is 1.30 bits per heavy atom. The number of benzene rings is 1. The Morgan fingerprint density at radius 3 is 2.65 bits per heavy atom. The highest BCUT2D eigenvalue weighted by Gasteiger charge is 2.03. The Kier molecular flexibility index (Phi) is 4.68. The zero-order valence-corrected chi connectivity index (χ0v) is 11.3. The highest BCUT2D eigenvalue weighted by Crippen LogP contribution is 2.13. The number of hydrogen-bond acceptors (Lipinski definition) is 3. The van der Waals surface area contributed by atoms with E-state index in [1.165, 1.54) is 0 Å². The maximum absolute atomic E-state index is 11.7. The maximum Gasteiger partial charge on any atom is 0.319 e. The highest BCUT2D eigenvalue weighted by atomic mass is 16.2. The predicted molar refractivity (Wildman–Crippen MR) is 79.1 cm³/mol. The van der Waals surface area contributed by atoms with E-state index in [-0.39, 0.29) is 12.1 Å². The largest absolute Gasteiger partial charge is 0.334 e. The fraction of sp³-hybridized carbons (Fsp3) is 0.200. The minimum atomic E-state index is -0.248. The van der Waals surface area contributed by atoms with Gasteiger partial charge in [0.2, 0.25) is 0 Å². The van der Waals surface area contributed by atoms with Crippen LogP contribution >= 0.6 is 0 Å². The van der Waals surface area contributed by atoms with Crippen LogP contribution in [0.3, 0.4) is 0 Å². The first kappa shape index (κ1) is 14.0. The van der Waals surface area contributed by atoms with Crippen molar-refractivity contribution in [2.24, 2.45) is 5.73 Å². The third-order valence-electron chi connectivity index (χ3n) is 2.87. The standard InChI is InChI=1S/C15H18N4O/c1-11(16)13-4-6-14(7-5-13)19-15(20)18-10-12-3-2-8-17-9-12/h2-9,11H,10,16H2,1H3,(H2,18,19,20). The van der Waals surface area contributed by atoms with E-state index in [2.05, 4.69) is 15.6 Å². The van der Waals surface area contributed by atoms with Gasteiger partial charge in [0.25, 0.3) is 0 Å². The van der Waals surface area contributed by atoms with Crippen molar-refractivity contribution in [3.8, 4) is 0 Å². The lowest BCUT2D eigenvalue weighted by Gasteiger charge is -2.09. The molecule has 1 aromatic heterocycles. The van der Waals surface area contributed by atoms with Crippen molar-refractivity contribution < 1.29 is 4.79 Å².